The first-order valence-electron chi connectivity index (χ1n) is 7.57. The molecule has 0 saturated heterocycles. The van der Waals surface area contributed by atoms with Gasteiger partial charge in [-0.25, -0.2) is 4.98 Å². The zero-order chi connectivity index (χ0) is 16.4. The second-order valence-electron chi connectivity index (χ2n) is 5.84. The highest BCUT2D eigenvalue weighted by Crippen LogP contribution is 2.27. The molecule has 0 unspecified atom stereocenters. The maximum absolute atomic E-state index is 12.0. The molecule has 1 aliphatic carbocycles. The van der Waals surface area contributed by atoms with Gasteiger partial charge in [0.15, 0.2) is 0 Å². The van der Waals surface area contributed by atoms with Crippen LogP contribution in [0.3, 0.4) is 0 Å². The minimum absolute atomic E-state index is 0.0515. The van der Waals surface area contributed by atoms with Crippen LogP contribution in [0.5, 0.6) is 0 Å². The van der Waals surface area contributed by atoms with E-state index in [9.17, 15) is 9.59 Å². The summed E-state index contributed by atoms with van der Waals surface area (Å²) in [6.07, 6.45) is 1.12. The van der Waals surface area contributed by atoms with E-state index >= 15 is 0 Å². The predicted molar refractivity (Wildman–Crippen MR) is 82.7 cm³/mol. The molecule has 0 aliphatic heterocycles. The smallest absolute Gasteiger partial charge is 0.306 e. The van der Waals surface area contributed by atoms with E-state index in [1.54, 1.807) is 6.92 Å². The number of carbonyl (C=O) groups is 2. The molecule has 0 radical (unpaired) electrons. The van der Waals surface area contributed by atoms with E-state index in [1.165, 1.54) is 0 Å². The number of benzene rings is 1. The second-order valence-corrected chi connectivity index (χ2v) is 5.84. The van der Waals surface area contributed by atoms with E-state index in [1.807, 2.05) is 30.3 Å². The van der Waals surface area contributed by atoms with Crippen molar-refractivity contribution in [2.45, 2.75) is 32.2 Å². The summed E-state index contributed by atoms with van der Waals surface area (Å²) in [6.45, 7) is 1.78. The summed E-state index contributed by atoms with van der Waals surface area (Å²) in [5.74, 6) is -0.166. The number of nitrogens with zero attached hydrogens (tertiary/aromatic N) is 1. The highest BCUT2D eigenvalue weighted by atomic mass is 16.4. The molecule has 1 fully saturated rings. The summed E-state index contributed by atoms with van der Waals surface area (Å²) in [5, 5.41) is 11.7. The fourth-order valence-electron chi connectivity index (χ4n) is 2.66. The Labute approximate surface area is 133 Å². The highest BCUT2D eigenvalue weighted by Gasteiger charge is 2.35. The second kappa shape index (κ2) is 6.24. The maximum atomic E-state index is 12.0. The number of nitrogens with one attached hydrogen (secondary N) is 1. The summed E-state index contributed by atoms with van der Waals surface area (Å²) in [6, 6.07) is 9.46. The molecule has 0 atom stereocenters. The molecule has 0 spiro atoms. The molecule has 6 nitrogen and oxygen atoms in total. The number of amides is 1. The van der Waals surface area contributed by atoms with Crippen LogP contribution in [0.25, 0.3) is 11.5 Å². The Hall–Kier alpha value is -2.63. The summed E-state index contributed by atoms with van der Waals surface area (Å²) in [7, 11) is 0. The van der Waals surface area contributed by atoms with Crippen LogP contribution < -0.4 is 5.32 Å². The average Bonchev–Trinajstić information content (AvgIpc) is 2.84. The van der Waals surface area contributed by atoms with E-state index < -0.39 is 5.97 Å². The Morgan fingerprint density at radius 3 is 2.65 bits per heavy atom. The molecule has 1 amide bonds. The van der Waals surface area contributed by atoms with Crippen molar-refractivity contribution in [2.24, 2.45) is 5.92 Å². The van der Waals surface area contributed by atoms with Crippen molar-refractivity contribution in [3.05, 3.63) is 41.8 Å². The van der Waals surface area contributed by atoms with Gasteiger partial charge in [-0.15, -0.1) is 0 Å². The van der Waals surface area contributed by atoms with Gasteiger partial charge in [-0.2, -0.15) is 0 Å². The molecule has 1 saturated carbocycles. The van der Waals surface area contributed by atoms with E-state index in [-0.39, 0.29) is 24.3 Å². The summed E-state index contributed by atoms with van der Waals surface area (Å²) >= 11 is 0. The van der Waals surface area contributed by atoms with Gasteiger partial charge >= 0.3 is 5.97 Å². The van der Waals surface area contributed by atoms with Gasteiger partial charge in [0.2, 0.25) is 11.8 Å². The normalized spacial score (nSPS) is 19.9. The van der Waals surface area contributed by atoms with Crippen molar-refractivity contribution < 1.29 is 19.1 Å². The standard InChI is InChI=1S/C17H18N2O4/c1-10-14(19-16(23-10)11-5-3-2-4-6-11)9-15(20)18-13-7-12(8-13)17(21)22/h2-6,12-13H,7-9H2,1H3,(H,18,20)(H,21,22). The summed E-state index contributed by atoms with van der Waals surface area (Å²) in [5.41, 5.74) is 1.47. The number of aryl methyl sites for hydroxylation is 1. The quantitative estimate of drug-likeness (QED) is 0.882. The van der Waals surface area contributed by atoms with Crippen LogP contribution in [0.2, 0.25) is 0 Å². The molecule has 0 bridgehead atoms. The van der Waals surface area contributed by atoms with Crippen molar-refractivity contribution in [3.8, 4) is 11.5 Å². The molecule has 1 heterocycles. The number of oxazole rings is 1. The first kappa shape index (κ1) is 15.3. The number of rotatable bonds is 5. The fourth-order valence-corrected chi connectivity index (χ4v) is 2.66. The highest BCUT2D eigenvalue weighted by molar-refractivity contribution is 5.79. The Balaban J connectivity index is 1.59. The number of carbonyl (C=O) groups excluding carboxylic acids is 1. The van der Waals surface area contributed by atoms with Gasteiger partial charge < -0.3 is 14.8 Å². The Kier molecular flexibility index (Phi) is 4.14. The third-order valence-electron chi connectivity index (χ3n) is 4.09. The Bertz CT molecular complexity index is 717. The van der Waals surface area contributed by atoms with Crippen molar-refractivity contribution in [2.75, 3.05) is 0 Å². The molecule has 120 valence electrons. The van der Waals surface area contributed by atoms with Crippen LogP contribution in [0, 0.1) is 12.8 Å². The van der Waals surface area contributed by atoms with Crippen molar-refractivity contribution in [1.82, 2.24) is 10.3 Å². The van der Waals surface area contributed by atoms with E-state index in [2.05, 4.69) is 10.3 Å². The lowest BCUT2D eigenvalue weighted by atomic mass is 9.80. The third kappa shape index (κ3) is 3.41. The largest absolute Gasteiger partial charge is 0.481 e. The van der Waals surface area contributed by atoms with Gasteiger partial charge in [0.05, 0.1) is 18.0 Å². The van der Waals surface area contributed by atoms with Crippen LogP contribution in [0.4, 0.5) is 0 Å². The molecule has 1 aliphatic rings. The van der Waals surface area contributed by atoms with Crippen LogP contribution >= 0.6 is 0 Å². The number of carboxylic acid groups (broad SMARTS) is 1. The van der Waals surface area contributed by atoms with Gasteiger partial charge in [-0.1, -0.05) is 18.2 Å². The maximum Gasteiger partial charge on any atom is 0.306 e. The zero-order valence-electron chi connectivity index (χ0n) is 12.8. The van der Waals surface area contributed by atoms with E-state index in [0.717, 1.165) is 5.56 Å². The molecule has 23 heavy (non-hydrogen) atoms. The first-order chi connectivity index (χ1) is 11.0. The third-order valence-corrected chi connectivity index (χ3v) is 4.09. The summed E-state index contributed by atoms with van der Waals surface area (Å²) < 4.78 is 5.63. The minimum atomic E-state index is -0.796. The lowest BCUT2D eigenvalue weighted by molar-refractivity contribution is -0.146. The van der Waals surface area contributed by atoms with Gasteiger partial charge in [-0.3, -0.25) is 9.59 Å². The van der Waals surface area contributed by atoms with Gasteiger partial charge in [0, 0.05) is 11.6 Å². The van der Waals surface area contributed by atoms with Gasteiger partial charge in [0.25, 0.3) is 0 Å². The van der Waals surface area contributed by atoms with Crippen LogP contribution in [-0.4, -0.2) is 28.0 Å². The molecule has 6 heteroatoms. The van der Waals surface area contributed by atoms with Crippen LogP contribution in [0.1, 0.15) is 24.3 Å². The Morgan fingerprint density at radius 2 is 2.00 bits per heavy atom. The molecular formula is C17H18N2O4. The molecule has 2 aromatic rings. The first-order valence-corrected chi connectivity index (χ1v) is 7.57. The molecular weight excluding hydrogens is 296 g/mol. The number of aromatic nitrogens is 1. The Morgan fingerprint density at radius 1 is 1.30 bits per heavy atom. The molecule has 3 rings (SSSR count). The van der Waals surface area contributed by atoms with Gasteiger partial charge in [-0.05, 0) is 31.9 Å². The zero-order valence-corrected chi connectivity index (χ0v) is 12.8. The van der Waals surface area contributed by atoms with Crippen molar-refractivity contribution >= 4 is 11.9 Å². The average molecular weight is 314 g/mol. The van der Waals surface area contributed by atoms with Crippen molar-refractivity contribution in [1.29, 1.82) is 0 Å². The van der Waals surface area contributed by atoms with E-state index in [0.29, 0.717) is 30.2 Å². The molecule has 1 aromatic carbocycles. The lowest BCUT2D eigenvalue weighted by Crippen LogP contribution is -2.47. The molecule has 1 aromatic heterocycles. The lowest BCUT2D eigenvalue weighted by Gasteiger charge is -2.32. The number of carboxylic acids is 1. The summed E-state index contributed by atoms with van der Waals surface area (Å²) in [4.78, 5) is 27.2. The van der Waals surface area contributed by atoms with Crippen LogP contribution in [0.15, 0.2) is 34.7 Å². The number of hydrogen-bond acceptors (Lipinski definition) is 4. The monoisotopic (exact) mass is 314 g/mol. The fraction of sp³-hybridized carbons (Fsp3) is 0.353. The number of aliphatic carboxylic acids is 1. The van der Waals surface area contributed by atoms with Crippen molar-refractivity contribution in [3.63, 3.8) is 0 Å². The number of hydrogen-bond donors (Lipinski definition) is 2. The SMILES string of the molecule is Cc1oc(-c2ccccc2)nc1CC(=O)NC1CC(C(=O)O)C1. The predicted octanol–water partition coefficient (Wildman–Crippen LogP) is 2.17. The van der Waals surface area contributed by atoms with Crippen LogP contribution in [-0.2, 0) is 16.0 Å². The molecule has 2 N–H and O–H groups in total. The van der Waals surface area contributed by atoms with Gasteiger partial charge in [0.1, 0.15) is 5.76 Å². The minimum Gasteiger partial charge on any atom is -0.481 e. The van der Waals surface area contributed by atoms with E-state index in [4.69, 9.17) is 9.52 Å². The topological polar surface area (TPSA) is 92.4 Å².